The Morgan fingerprint density at radius 3 is 2.22 bits per heavy atom. The lowest BCUT2D eigenvalue weighted by molar-refractivity contribution is 0.00578. The minimum absolute atomic E-state index is 0.0313. The van der Waals surface area contributed by atoms with Gasteiger partial charge in [0.05, 0.1) is 23.6 Å². The van der Waals surface area contributed by atoms with Crippen molar-refractivity contribution in [2.45, 2.75) is 65.3 Å². The highest BCUT2D eigenvalue weighted by atomic mass is 16.7. The maximum absolute atomic E-state index is 12.0. The molecule has 0 bridgehead atoms. The zero-order chi connectivity index (χ0) is 20.5. The Kier molecular flexibility index (Phi) is 5.87. The summed E-state index contributed by atoms with van der Waals surface area (Å²) in [6.07, 6.45) is 3.71. The first-order valence-corrected chi connectivity index (χ1v) is 8.83. The Bertz CT molecular complexity index is 695. The van der Waals surface area contributed by atoms with Crippen LogP contribution in [0.15, 0.2) is 17.9 Å². The van der Waals surface area contributed by atoms with Crippen molar-refractivity contribution in [3.05, 3.63) is 23.7 Å². The van der Waals surface area contributed by atoms with Crippen molar-refractivity contribution in [1.29, 1.82) is 0 Å². The Hall–Kier alpha value is -2.13. The van der Waals surface area contributed by atoms with Gasteiger partial charge in [0.2, 0.25) is 0 Å². The van der Waals surface area contributed by atoms with Crippen LogP contribution in [0.1, 0.15) is 54.3 Å². The summed E-state index contributed by atoms with van der Waals surface area (Å²) in [6.45, 7) is 13.3. The molecule has 0 radical (unpaired) electrons. The lowest BCUT2D eigenvalue weighted by Gasteiger charge is -2.32. The van der Waals surface area contributed by atoms with E-state index in [2.05, 4.69) is 15.3 Å². The number of carbonyl (C=O) groups excluding carboxylic acids is 1. The molecule has 9 heteroatoms. The van der Waals surface area contributed by atoms with Crippen molar-refractivity contribution in [3.8, 4) is 5.75 Å². The average Bonchev–Trinajstić information content (AvgIpc) is 2.72. The van der Waals surface area contributed by atoms with Crippen LogP contribution in [0.25, 0.3) is 6.08 Å². The lowest BCUT2D eigenvalue weighted by Crippen LogP contribution is -2.41. The van der Waals surface area contributed by atoms with E-state index in [9.17, 15) is 9.90 Å². The van der Waals surface area contributed by atoms with Crippen LogP contribution in [0, 0.1) is 0 Å². The largest absolute Gasteiger partial charge is 0.505 e. The molecule has 1 aromatic heterocycles. The molecule has 1 fully saturated rings. The molecule has 2 rings (SSSR count). The number of alkyl carbamates (subject to hydrolysis) is 1. The van der Waals surface area contributed by atoms with E-state index < -0.39 is 30.0 Å². The fourth-order valence-electron chi connectivity index (χ4n) is 2.26. The Morgan fingerprint density at radius 1 is 1.22 bits per heavy atom. The predicted octanol–water partition coefficient (Wildman–Crippen LogP) is 2.72. The third-order valence-corrected chi connectivity index (χ3v) is 4.36. The fraction of sp³-hybridized carbons (Fsp3) is 0.611. The highest BCUT2D eigenvalue weighted by molar-refractivity contribution is 6.55. The molecule has 0 saturated carbocycles. The van der Waals surface area contributed by atoms with E-state index in [1.165, 1.54) is 12.4 Å². The minimum Gasteiger partial charge on any atom is -0.505 e. The van der Waals surface area contributed by atoms with Gasteiger partial charge in [-0.05, 0) is 60.0 Å². The smallest absolute Gasteiger partial charge is 0.492 e. The molecule has 2 heterocycles. The number of aromatic nitrogens is 2. The van der Waals surface area contributed by atoms with Gasteiger partial charge in [-0.15, -0.1) is 0 Å². The maximum Gasteiger partial charge on any atom is 0.492 e. The van der Waals surface area contributed by atoms with Gasteiger partial charge < -0.3 is 24.5 Å². The van der Waals surface area contributed by atoms with Crippen LogP contribution in [0.4, 0.5) is 4.79 Å². The van der Waals surface area contributed by atoms with Crippen LogP contribution in [-0.2, 0) is 14.0 Å². The van der Waals surface area contributed by atoms with Crippen molar-refractivity contribution < 1.29 is 23.9 Å². The first kappa shape index (κ1) is 21.2. The molecule has 0 aromatic carbocycles. The summed E-state index contributed by atoms with van der Waals surface area (Å²) in [5.74, 6) is 0.333. The lowest BCUT2D eigenvalue weighted by atomic mass is 9.77. The SMILES string of the molecule is CC(C)(C)OC(=O)NCC(=Cc1ncc(O)cn1)B1OC(C)(C)C(C)(C)O1. The number of amides is 1. The van der Waals surface area contributed by atoms with Crippen molar-refractivity contribution in [2.75, 3.05) is 6.54 Å². The number of hydrogen-bond donors (Lipinski definition) is 2. The summed E-state index contributed by atoms with van der Waals surface area (Å²) in [5, 5.41) is 12.1. The van der Waals surface area contributed by atoms with E-state index in [1.807, 2.05) is 27.7 Å². The molecule has 0 unspecified atom stereocenters. The molecule has 27 heavy (non-hydrogen) atoms. The van der Waals surface area contributed by atoms with Gasteiger partial charge in [-0.25, -0.2) is 14.8 Å². The van der Waals surface area contributed by atoms with Crippen molar-refractivity contribution in [3.63, 3.8) is 0 Å². The van der Waals surface area contributed by atoms with Crippen LogP contribution in [-0.4, -0.2) is 51.6 Å². The highest BCUT2D eigenvalue weighted by Gasteiger charge is 2.52. The molecule has 1 aliphatic rings. The second-order valence-electron chi connectivity index (χ2n) is 8.46. The molecule has 1 amide bonds. The van der Waals surface area contributed by atoms with Gasteiger partial charge in [-0.1, -0.05) is 0 Å². The number of nitrogens with one attached hydrogen (secondary N) is 1. The first-order valence-electron chi connectivity index (χ1n) is 8.83. The Morgan fingerprint density at radius 2 is 1.74 bits per heavy atom. The summed E-state index contributed by atoms with van der Waals surface area (Å²) in [6, 6.07) is 0. The number of nitrogens with zero attached hydrogens (tertiary/aromatic N) is 2. The molecule has 1 aliphatic heterocycles. The van der Waals surface area contributed by atoms with Gasteiger partial charge in [0.25, 0.3) is 0 Å². The number of ether oxygens (including phenoxy) is 1. The van der Waals surface area contributed by atoms with E-state index >= 15 is 0 Å². The van der Waals surface area contributed by atoms with Crippen LogP contribution < -0.4 is 5.32 Å². The van der Waals surface area contributed by atoms with E-state index in [1.54, 1.807) is 26.8 Å². The molecule has 0 aliphatic carbocycles. The predicted molar refractivity (Wildman–Crippen MR) is 102 cm³/mol. The monoisotopic (exact) mass is 377 g/mol. The zero-order valence-corrected chi connectivity index (χ0v) is 17.0. The molecule has 8 nitrogen and oxygen atoms in total. The second kappa shape index (κ2) is 7.48. The Balaban J connectivity index is 2.22. The standard InChI is InChI=1S/C18H28BN3O5/c1-16(2,3)25-15(24)22-9-12(8-14-20-10-13(23)11-21-14)19-26-17(4,5)18(6,7)27-19/h8,10-11,23H,9H2,1-7H3,(H,22,24). The average molecular weight is 377 g/mol. The van der Waals surface area contributed by atoms with E-state index in [-0.39, 0.29) is 12.3 Å². The third kappa shape index (κ3) is 5.67. The molecule has 148 valence electrons. The number of hydrogen-bond acceptors (Lipinski definition) is 7. The molecule has 1 saturated heterocycles. The van der Waals surface area contributed by atoms with Gasteiger partial charge in [0.15, 0.2) is 11.6 Å². The number of aromatic hydroxyl groups is 1. The normalized spacial score (nSPS) is 19.1. The van der Waals surface area contributed by atoms with Crippen LogP contribution in [0.5, 0.6) is 5.75 Å². The first-order chi connectivity index (χ1) is 12.3. The molecule has 0 spiro atoms. The van der Waals surface area contributed by atoms with Crippen LogP contribution >= 0.6 is 0 Å². The van der Waals surface area contributed by atoms with Gasteiger partial charge in [0.1, 0.15) is 5.60 Å². The zero-order valence-electron chi connectivity index (χ0n) is 17.0. The van der Waals surface area contributed by atoms with Crippen LogP contribution in [0.2, 0.25) is 0 Å². The van der Waals surface area contributed by atoms with Crippen LogP contribution in [0.3, 0.4) is 0 Å². The number of rotatable bonds is 4. The van der Waals surface area contributed by atoms with Crippen molar-refractivity contribution >= 4 is 19.3 Å². The molecule has 1 aromatic rings. The summed E-state index contributed by atoms with van der Waals surface area (Å²) in [7, 11) is -0.678. The topological polar surface area (TPSA) is 103 Å². The maximum atomic E-state index is 12.0. The van der Waals surface area contributed by atoms with Gasteiger partial charge in [0, 0.05) is 6.54 Å². The summed E-state index contributed by atoms with van der Waals surface area (Å²) >= 11 is 0. The minimum atomic E-state index is -0.678. The molecular formula is C18H28BN3O5. The quantitative estimate of drug-likeness (QED) is 0.778. The van der Waals surface area contributed by atoms with Gasteiger partial charge in [-0.2, -0.15) is 0 Å². The molecule has 2 N–H and O–H groups in total. The molecule has 0 atom stereocenters. The second-order valence-corrected chi connectivity index (χ2v) is 8.46. The van der Waals surface area contributed by atoms with E-state index in [0.717, 1.165) is 0 Å². The fourth-order valence-corrected chi connectivity index (χ4v) is 2.26. The van der Waals surface area contributed by atoms with Crippen molar-refractivity contribution in [1.82, 2.24) is 15.3 Å². The summed E-state index contributed by atoms with van der Waals surface area (Å²) < 4.78 is 17.4. The van der Waals surface area contributed by atoms with Gasteiger partial charge >= 0.3 is 13.2 Å². The van der Waals surface area contributed by atoms with Crippen molar-refractivity contribution in [2.24, 2.45) is 0 Å². The van der Waals surface area contributed by atoms with Gasteiger partial charge in [-0.3, -0.25) is 0 Å². The molecular weight excluding hydrogens is 349 g/mol. The Labute approximate surface area is 160 Å². The number of carbonyl (C=O) groups is 1. The van der Waals surface area contributed by atoms with E-state index in [4.69, 9.17) is 14.0 Å². The third-order valence-electron chi connectivity index (χ3n) is 4.36. The summed E-state index contributed by atoms with van der Waals surface area (Å²) in [5.41, 5.74) is -1.03. The van der Waals surface area contributed by atoms with E-state index in [0.29, 0.717) is 11.3 Å². The highest BCUT2D eigenvalue weighted by Crippen LogP contribution is 2.38. The summed E-state index contributed by atoms with van der Waals surface area (Å²) in [4.78, 5) is 20.1.